The highest BCUT2D eigenvalue weighted by Crippen LogP contribution is 2.11. The maximum atomic E-state index is 11.8. The fourth-order valence-electron chi connectivity index (χ4n) is 1.91. The molecule has 0 unspecified atom stereocenters. The first kappa shape index (κ1) is 15.9. The molecule has 0 saturated heterocycles. The average Bonchev–Trinajstić information content (AvgIpc) is 2.91. The lowest BCUT2D eigenvalue weighted by molar-refractivity contribution is 0.0821. The lowest BCUT2D eigenvalue weighted by Crippen LogP contribution is -2.23. The molecular formula is C15H21N5O2. The zero-order valence-electron chi connectivity index (χ0n) is 13.3. The zero-order valence-corrected chi connectivity index (χ0v) is 13.3. The molecule has 0 aliphatic rings. The molecule has 7 nitrogen and oxygen atoms in total. The van der Waals surface area contributed by atoms with E-state index in [4.69, 9.17) is 4.52 Å². The van der Waals surface area contributed by atoms with E-state index >= 15 is 0 Å². The molecule has 118 valence electrons. The molecule has 2 aromatic heterocycles. The number of hydrogen-bond donors (Lipinski definition) is 1. The molecule has 2 heterocycles. The number of nitrogens with zero attached hydrogens (tertiary/aromatic N) is 4. The molecule has 0 fully saturated rings. The minimum absolute atomic E-state index is 0.185. The molecule has 1 amide bonds. The topological polar surface area (TPSA) is 84.2 Å². The minimum atomic E-state index is -0.185. The van der Waals surface area contributed by atoms with E-state index in [1.54, 1.807) is 20.3 Å². The first-order valence-corrected chi connectivity index (χ1v) is 7.17. The zero-order chi connectivity index (χ0) is 16.1. The Morgan fingerprint density at radius 1 is 1.36 bits per heavy atom. The van der Waals surface area contributed by atoms with E-state index in [1.807, 2.05) is 6.07 Å². The Labute approximate surface area is 129 Å². The fraction of sp³-hybridized carbons (Fsp3) is 0.467. The predicted octanol–water partition coefficient (Wildman–Crippen LogP) is 1.98. The normalized spacial score (nSPS) is 10.8. The highest BCUT2D eigenvalue weighted by atomic mass is 16.5. The number of nitrogens with one attached hydrogen (secondary N) is 1. The predicted molar refractivity (Wildman–Crippen MR) is 82.4 cm³/mol. The van der Waals surface area contributed by atoms with Crippen molar-refractivity contribution >= 4 is 11.7 Å². The Balaban J connectivity index is 1.98. The van der Waals surface area contributed by atoms with Gasteiger partial charge in [-0.2, -0.15) is 0 Å². The van der Waals surface area contributed by atoms with E-state index < -0.39 is 0 Å². The molecule has 7 heteroatoms. The SMILES string of the molecule is CC(C)Cc1cc(CNc2cncc(C(=O)N(C)C)n2)on1. The Morgan fingerprint density at radius 3 is 2.82 bits per heavy atom. The van der Waals surface area contributed by atoms with Gasteiger partial charge in [0.15, 0.2) is 5.76 Å². The summed E-state index contributed by atoms with van der Waals surface area (Å²) < 4.78 is 5.27. The van der Waals surface area contributed by atoms with Gasteiger partial charge in [-0.05, 0) is 12.3 Å². The lowest BCUT2D eigenvalue weighted by atomic mass is 10.1. The quantitative estimate of drug-likeness (QED) is 0.878. The van der Waals surface area contributed by atoms with Crippen LogP contribution in [0.15, 0.2) is 23.0 Å². The number of aromatic nitrogens is 3. The number of hydrogen-bond acceptors (Lipinski definition) is 6. The van der Waals surface area contributed by atoms with Gasteiger partial charge < -0.3 is 14.7 Å². The molecule has 0 aliphatic heterocycles. The summed E-state index contributed by atoms with van der Waals surface area (Å²) in [6.45, 7) is 4.71. The molecule has 0 atom stereocenters. The van der Waals surface area contributed by atoms with Crippen LogP contribution in [-0.2, 0) is 13.0 Å². The molecule has 1 N–H and O–H groups in total. The highest BCUT2D eigenvalue weighted by Gasteiger charge is 2.11. The second-order valence-electron chi connectivity index (χ2n) is 5.73. The van der Waals surface area contributed by atoms with Crippen molar-refractivity contribution in [3.05, 3.63) is 35.6 Å². The second-order valence-corrected chi connectivity index (χ2v) is 5.73. The summed E-state index contributed by atoms with van der Waals surface area (Å²) in [6, 6.07) is 1.93. The number of rotatable bonds is 6. The Bertz CT molecular complexity index is 636. The number of carbonyl (C=O) groups is 1. The van der Waals surface area contributed by atoms with Crippen LogP contribution in [0.3, 0.4) is 0 Å². The summed E-state index contributed by atoms with van der Waals surface area (Å²) in [5.41, 5.74) is 1.24. The molecule has 0 radical (unpaired) electrons. The molecule has 2 aromatic rings. The summed E-state index contributed by atoms with van der Waals surface area (Å²) >= 11 is 0. The van der Waals surface area contributed by atoms with E-state index in [-0.39, 0.29) is 5.91 Å². The van der Waals surface area contributed by atoms with Gasteiger partial charge in [0.2, 0.25) is 0 Å². The summed E-state index contributed by atoms with van der Waals surface area (Å²) in [5.74, 6) is 1.59. The van der Waals surface area contributed by atoms with Crippen molar-refractivity contribution < 1.29 is 9.32 Å². The first-order valence-electron chi connectivity index (χ1n) is 7.17. The molecule has 22 heavy (non-hydrogen) atoms. The monoisotopic (exact) mass is 303 g/mol. The smallest absolute Gasteiger partial charge is 0.273 e. The fourth-order valence-corrected chi connectivity index (χ4v) is 1.91. The summed E-state index contributed by atoms with van der Waals surface area (Å²) in [5, 5.41) is 7.11. The van der Waals surface area contributed by atoms with E-state index in [9.17, 15) is 4.79 Å². The maximum Gasteiger partial charge on any atom is 0.273 e. The van der Waals surface area contributed by atoms with Crippen LogP contribution in [-0.4, -0.2) is 40.0 Å². The Hall–Kier alpha value is -2.44. The van der Waals surface area contributed by atoms with Crippen LogP contribution in [0.2, 0.25) is 0 Å². The third kappa shape index (κ3) is 4.28. The van der Waals surface area contributed by atoms with Gasteiger partial charge in [0.05, 0.1) is 24.6 Å². The van der Waals surface area contributed by atoms with Gasteiger partial charge in [-0.1, -0.05) is 19.0 Å². The van der Waals surface area contributed by atoms with Gasteiger partial charge in [-0.25, -0.2) is 4.98 Å². The maximum absolute atomic E-state index is 11.8. The molecular weight excluding hydrogens is 282 g/mol. The first-order chi connectivity index (χ1) is 10.5. The molecule has 0 bridgehead atoms. The molecule has 0 spiro atoms. The third-order valence-corrected chi connectivity index (χ3v) is 2.93. The van der Waals surface area contributed by atoms with Gasteiger partial charge in [-0.3, -0.25) is 9.78 Å². The Kier molecular flexibility index (Phi) is 5.08. The summed E-state index contributed by atoms with van der Waals surface area (Å²) in [6.07, 6.45) is 3.90. The van der Waals surface area contributed by atoms with Crippen molar-refractivity contribution in [3.8, 4) is 0 Å². The summed E-state index contributed by atoms with van der Waals surface area (Å²) in [7, 11) is 3.35. The van der Waals surface area contributed by atoms with Crippen LogP contribution in [0.4, 0.5) is 5.82 Å². The largest absolute Gasteiger partial charge is 0.361 e. The van der Waals surface area contributed by atoms with E-state index in [2.05, 4.69) is 34.3 Å². The van der Waals surface area contributed by atoms with Crippen LogP contribution in [0, 0.1) is 5.92 Å². The van der Waals surface area contributed by atoms with Crippen molar-refractivity contribution in [2.45, 2.75) is 26.8 Å². The van der Waals surface area contributed by atoms with Gasteiger partial charge in [-0.15, -0.1) is 0 Å². The van der Waals surface area contributed by atoms with Gasteiger partial charge in [0.25, 0.3) is 5.91 Å². The van der Waals surface area contributed by atoms with Crippen LogP contribution >= 0.6 is 0 Å². The van der Waals surface area contributed by atoms with Crippen molar-refractivity contribution in [3.63, 3.8) is 0 Å². The number of carbonyl (C=O) groups excluding carboxylic acids is 1. The van der Waals surface area contributed by atoms with E-state index in [0.717, 1.165) is 17.9 Å². The van der Waals surface area contributed by atoms with Crippen LogP contribution in [0.1, 0.15) is 35.8 Å². The van der Waals surface area contributed by atoms with E-state index in [0.29, 0.717) is 24.0 Å². The minimum Gasteiger partial charge on any atom is -0.361 e. The average molecular weight is 303 g/mol. The molecule has 0 saturated carbocycles. The third-order valence-electron chi connectivity index (χ3n) is 2.93. The van der Waals surface area contributed by atoms with Crippen molar-refractivity contribution in [2.24, 2.45) is 5.92 Å². The molecule has 0 aliphatic carbocycles. The van der Waals surface area contributed by atoms with Crippen molar-refractivity contribution in [2.75, 3.05) is 19.4 Å². The number of amides is 1. The van der Waals surface area contributed by atoms with Crippen molar-refractivity contribution in [1.82, 2.24) is 20.0 Å². The molecule has 2 rings (SSSR count). The van der Waals surface area contributed by atoms with Crippen molar-refractivity contribution in [1.29, 1.82) is 0 Å². The number of anilines is 1. The van der Waals surface area contributed by atoms with Gasteiger partial charge in [0.1, 0.15) is 11.5 Å². The lowest BCUT2D eigenvalue weighted by Gasteiger charge is -2.10. The van der Waals surface area contributed by atoms with E-state index in [1.165, 1.54) is 11.1 Å². The van der Waals surface area contributed by atoms with Crippen LogP contribution in [0.25, 0.3) is 0 Å². The Morgan fingerprint density at radius 2 is 2.14 bits per heavy atom. The molecule has 0 aromatic carbocycles. The summed E-state index contributed by atoms with van der Waals surface area (Å²) in [4.78, 5) is 21.6. The van der Waals surface area contributed by atoms with Crippen LogP contribution < -0.4 is 5.32 Å². The van der Waals surface area contributed by atoms with Gasteiger partial charge in [0, 0.05) is 20.2 Å². The highest BCUT2D eigenvalue weighted by molar-refractivity contribution is 5.91. The second kappa shape index (κ2) is 7.02. The standard InChI is InChI=1S/C15H21N5O2/c1-10(2)5-11-6-12(22-19-11)7-17-14-9-16-8-13(18-14)15(21)20(3)4/h6,8-10H,5,7H2,1-4H3,(H,17,18). The van der Waals surface area contributed by atoms with Gasteiger partial charge >= 0.3 is 0 Å². The van der Waals surface area contributed by atoms with Crippen LogP contribution in [0.5, 0.6) is 0 Å².